The number of phenolic OH excluding ortho intramolecular Hbond substituents is 1. The number of halogens is 1. The van der Waals surface area contributed by atoms with Gasteiger partial charge in [0.2, 0.25) is 0 Å². The molecular formula is C10H13ClO2. The Hall–Kier alpha value is -0.730. The van der Waals surface area contributed by atoms with Crippen LogP contribution in [0, 0.1) is 6.92 Å². The topological polar surface area (TPSA) is 40.5 Å². The molecule has 0 amide bonds. The van der Waals surface area contributed by atoms with Crippen LogP contribution in [0.5, 0.6) is 5.75 Å². The van der Waals surface area contributed by atoms with Crippen molar-refractivity contribution in [1.82, 2.24) is 0 Å². The van der Waals surface area contributed by atoms with E-state index in [2.05, 4.69) is 0 Å². The minimum atomic E-state index is -0.0426. The number of hydrogen-bond donors (Lipinski definition) is 2. The van der Waals surface area contributed by atoms with Gasteiger partial charge in [-0.15, -0.1) is 0 Å². The van der Waals surface area contributed by atoms with Crippen molar-refractivity contribution in [2.24, 2.45) is 0 Å². The second-order valence-corrected chi connectivity index (χ2v) is 3.60. The Morgan fingerprint density at radius 3 is 2.62 bits per heavy atom. The number of aryl methyl sites for hydroxylation is 1. The molecule has 1 atom stereocenters. The van der Waals surface area contributed by atoms with Crippen LogP contribution in [0.1, 0.15) is 24.0 Å². The second-order valence-electron chi connectivity index (χ2n) is 3.22. The van der Waals surface area contributed by atoms with E-state index in [0.29, 0.717) is 5.02 Å². The minimum absolute atomic E-state index is 0.0300. The van der Waals surface area contributed by atoms with E-state index in [1.54, 1.807) is 13.0 Å². The first-order valence-corrected chi connectivity index (χ1v) is 4.54. The number of aliphatic hydroxyl groups excluding tert-OH is 1. The monoisotopic (exact) mass is 200 g/mol. The molecule has 0 aromatic heterocycles. The lowest BCUT2D eigenvalue weighted by Crippen LogP contribution is -2.00. The molecule has 0 saturated heterocycles. The SMILES string of the molecule is Cc1ccc(C(C)CO)c(Cl)c1O. The van der Waals surface area contributed by atoms with Crippen molar-refractivity contribution < 1.29 is 10.2 Å². The molecule has 0 heterocycles. The van der Waals surface area contributed by atoms with Gasteiger partial charge in [0.15, 0.2) is 0 Å². The predicted molar refractivity (Wildman–Crippen MR) is 53.4 cm³/mol. The zero-order valence-electron chi connectivity index (χ0n) is 7.71. The van der Waals surface area contributed by atoms with Crippen LogP contribution in [0.25, 0.3) is 0 Å². The molecule has 0 bridgehead atoms. The maximum Gasteiger partial charge on any atom is 0.137 e. The van der Waals surface area contributed by atoms with Crippen molar-refractivity contribution in [2.75, 3.05) is 6.61 Å². The average molecular weight is 201 g/mol. The van der Waals surface area contributed by atoms with Crippen molar-refractivity contribution >= 4 is 11.6 Å². The van der Waals surface area contributed by atoms with E-state index in [-0.39, 0.29) is 18.3 Å². The average Bonchev–Trinajstić information content (AvgIpc) is 2.13. The molecule has 1 rings (SSSR count). The van der Waals surface area contributed by atoms with Gasteiger partial charge in [0.05, 0.1) is 5.02 Å². The molecule has 0 aliphatic heterocycles. The third-order valence-corrected chi connectivity index (χ3v) is 2.55. The summed E-state index contributed by atoms with van der Waals surface area (Å²) in [7, 11) is 0. The van der Waals surface area contributed by atoms with E-state index in [9.17, 15) is 5.11 Å². The standard InChI is InChI=1S/C10H13ClO2/c1-6-3-4-8(7(2)5-12)9(11)10(6)13/h3-4,7,12-13H,5H2,1-2H3. The third-order valence-electron chi connectivity index (χ3n) is 2.15. The van der Waals surface area contributed by atoms with Crippen molar-refractivity contribution in [2.45, 2.75) is 19.8 Å². The lowest BCUT2D eigenvalue weighted by Gasteiger charge is -2.12. The Labute approximate surface area is 82.8 Å². The molecule has 2 N–H and O–H groups in total. The van der Waals surface area contributed by atoms with E-state index < -0.39 is 0 Å². The summed E-state index contributed by atoms with van der Waals surface area (Å²) in [5.74, 6) is 0.0680. The molecule has 2 nitrogen and oxygen atoms in total. The van der Waals surface area contributed by atoms with Crippen LogP contribution in [-0.4, -0.2) is 16.8 Å². The maximum atomic E-state index is 9.52. The Morgan fingerprint density at radius 1 is 1.46 bits per heavy atom. The first-order valence-electron chi connectivity index (χ1n) is 4.16. The van der Waals surface area contributed by atoms with Crippen LogP contribution in [0.4, 0.5) is 0 Å². The number of rotatable bonds is 2. The molecule has 72 valence electrons. The summed E-state index contributed by atoms with van der Waals surface area (Å²) in [6.45, 7) is 3.67. The van der Waals surface area contributed by atoms with Gasteiger partial charge in [-0.2, -0.15) is 0 Å². The zero-order chi connectivity index (χ0) is 10.0. The molecule has 0 aliphatic rings. The minimum Gasteiger partial charge on any atom is -0.506 e. The van der Waals surface area contributed by atoms with Gasteiger partial charge >= 0.3 is 0 Å². The molecule has 0 aliphatic carbocycles. The summed E-state index contributed by atoms with van der Waals surface area (Å²) < 4.78 is 0. The summed E-state index contributed by atoms with van der Waals surface area (Å²) in [4.78, 5) is 0. The maximum absolute atomic E-state index is 9.52. The number of phenols is 1. The van der Waals surface area contributed by atoms with Crippen molar-refractivity contribution in [3.8, 4) is 5.75 Å². The van der Waals surface area contributed by atoms with Gasteiger partial charge in [-0.25, -0.2) is 0 Å². The highest BCUT2D eigenvalue weighted by Gasteiger charge is 2.12. The lowest BCUT2D eigenvalue weighted by atomic mass is 10.00. The van der Waals surface area contributed by atoms with Gasteiger partial charge < -0.3 is 10.2 Å². The summed E-state index contributed by atoms with van der Waals surface area (Å²) in [6, 6.07) is 3.63. The number of aliphatic hydroxyl groups is 1. The fourth-order valence-electron chi connectivity index (χ4n) is 1.16. The Kier molecular flexibility index (Phi) is 3.17. The van der Waals surface area contributed by atoms with Crippen LogP contribution in [-0.2, 0) is 0 Å². The number of benzene rings is 1. The molecule has 0 spiro atoms. The zero-order valence-corrected chi connectivity index (χ0v) is 8.47. The van der Waals surface area contributed by atoms with E-state index in [4.69, 9.17) is 16.7 Å². The van der Waals surface area contributed by atoms with Gasteiger partial charge in [-0.3, -0.25) is 0 Å². The highest BCUT2D eigenvalue weighted by molar-refractivity contribution is 6.33. The van der Waals surface area contributed by atoms with Crippen molar-refractivity contribution in [3.05, 3.63) is 28.3 Å². The first kappa shape index (κ1) is 10.4. The first-order chi connectivity index (χ1) is 6.07. The largest absolute Gasteiger partial charge is 0.506 e. The molecular weight excluding hydrogens is 188 g/mol. The van der Waals surface area contributed by atoms with Gasteiger partial charge in [0, 0.05) is 12.5 Å². The van der Waals surface area contributed by atoms with Crippen LogP contribution in [0.2, 0.25) is 5.02 Å². The smallest absolute Gasteiger partial charge is 0.137 e. The quantitative estimate of drug-likeness (QED) is 0.770. The summed E-state index contributed by atoms with van der Waals surface area (Å²) in [5.41, 5.74) is 1.53. The van der Waals surface area contributed by atoms with Crippen LogP contribution >= 0.6 is 11.6 Å². The van der Waals surface area contributed by atoms with E-state index in [1.165, 1.54) is 0 Å². The number of aromatic hydroxyl groups is 1. The number of hydrogen-bond acceptors (Lipinski definition) is 2. The van der Waals surface area contributed by atoms with E-state index in [0.717, 1.165) is 11.1 Å². The molecule has 3 heteroatoms. The summed E-state index contributed by atoms with van der Waals surface area (Å²) in [6.07, 6.45) is 0. The van der Waals surface area contributed by atoms with Gasteiger partial charge in [0.25, 0.3) is 0 Å². The van der Waals surface area contributed by atoms with Crippen molar-refractivity contribution in [1.29, 1.82) is 0 Å². The molecule has 1 aromatic rings. The van der Waals surface area contributed by atoms with Crippen LogP contribution < -0.4 is 0 Å². The fourth-order valence-corrected chi connectivity index (χ4v) is 1.55. The molecule has 13 heavy (non-hydrogen) atoms. The third kappa shape index (κ3) is 1.95. The van der Waals surface area contributed by atoms with E-state index >= 15 is 0 Å². The second kappa shape index (κ2) is 3.99. The molecule has 1 aromatic carbocycles. The molecule has 0 radical (unpaired) electrons. The van der Waals surface area contributed by atoms with Gasteiger partial charge in [-0.1, -0.05) is 30.7 Å². The fraction of sp³-hybridized carbons (Fsp3) is 0.400. The summed E-state index contributed by atoms with van der Waals surface area (Å²) >= 11 is 5.91. The Morgan fingerprint density at radius 2 is 2.08 bits per heavy atom. The van der Waals surface area contributed by atoms with Crippen LogP contribution in [0.3, 0.4) is 0 Å². The molecule has 0 saturated carbocycles. The normalized spacial score (nSPS) is 12.9. The Balaban J connectivity index is 3.18. The summed E-state index contributed by atoms with van der Waals surface area (Å²) in [5, 5.41) is 18.8. The van der Waals surface area contributed by atoms with Gasteiger partial charge in [0.1, 0.15) is 5.75 Å². The predicted octanol–water partition coefficient (Wildman–Crippen LogP) is 2.45. The molecule has 1 unspecified atom stereocenters. The lowest BCUT2D eigenvalue weighted by molar-refractivity contribution is 0.273. The highest BCUT2D eigenvalue weighted by atomic mass is 35.5. The van der Waals surface area contributed by atoms with Crippen molar-refractivity contribution in [3.63, 3.8) is 0 Å². The highest BCUT2D eigenvalue weighted by Crippen LogP contribution is 2.34. The van der Waals surface area contributed by atoms with E-state index in [1.807, 2.05) is 13.0 Å². The van der Waals surface area contributed by atoms with Crippen LogP contribution in [0.15, 0.2) is 12.1 Å². The Bertz CT molecular complexity index is 310. The van der Waals surface area contributed by atoms with Gasteiger partial charge in [-0.05, 0) is 18.1 Å². The molecule has 0 fully saturated rings.